The summed E-state index contributed by atoms with van der Waals surface area (Å²) in [6.45, 7) is 5.80. The Bertz CT molecular complexity index is 1180. The first-order valence-corrected chi connectivity index (χ1v) is 12.4. The average Bonchev–Trinajstić information content (AvgIpc) is 2.81. The summed E-state index contributed by atoms with van der Waals surface area (Å²) in [4.78, 5) is 13.0. The summed E-state index contributed by atoms with van der Waals surface area (Å²) in [5.41, 5.74) is 2.22. The van der Waals surface area contributed by atoms with E-state index in [1.807, 2.05) is 57.2 Å². The van der Waals surface area contributed by atoms with Crippen LogP contribution in [0.3, 0.4) is 0 Å². The lowest BCUT2D eigenvalue weighted by molar-refractivity contribution is -0.119. The van der Waals surface area contributed by atoms with Gasteiger partial charge < -0.3 is 10.1 Å². The first-order chi connectivity index (χ1) is 15.8. The molecule has 174 valence electrons. The Morgan fingerprint density at radius 3 is 2.36 bits per heavy atom. The molecular weight excluding hydrogens is 436 g/mol. The van der Waals surface area contributed by atoms with Crippen LogP contribution in [-0.2, 0) is 27.8 Å². The highest BCUT2D eigenvalue weighted by Gasteiger charge is 2.28. The zero-order valence-corrected chi connectivity index (χ0v) is 20.0. The van der Waals surface area contributed by atoms with E-state index in [4.69, 9.17) is 4.74 Å². The van der Waals surface area contributed by atoms with Gasteiger partial charge in [0.15, 0.2) is 0 Å². The number of rotatable bonds is 10. The van der Waals surface area contributed by atoms with Gasteiger partial charge in [-0.25, -0.2) is 8.42 Å². The van der Waals surface area contributed by atoms with Crippen LogP contribution in [0.5, 0.6) is 5.75 Å². The lowest BCUT2D eigenvalue weighted by Gasteiger charge is -2.26. The molecule has 0 radical (unpaired) electrons. The molecule has 0 saturated carbocycles. The normalized spacial score (nSPS) is 11.3. The molecule has 1 N–H and O–H groups in total. The first kappa shape index (κ1) is 24.3. The zero-order valence-electron chi connectivity index (χ0n) is 19.2. The molecular formula is C26H30N2O4S. The van der Waals surface area contributed by atoms with Gasteiger partial charge in [-0.05, 0) is 61.7 Å². The standard InChI is InChI=1S/C26H30N2O4S/c1-4-22-12-8-9-16-25(22)28(33(30,31)24-14-6-5-7-15-24)19-26(29)27-18-21-11-10-13-23(17-21)32-20(2)3/h5-17,20H,4,18-19H2,1-3H3,(H,27,29). The SMILES string of the molecule is CCc1ccccc1N(CC(=O)NCc1cccc(OC(C)C)c1)S(=O)(=O)c1ccccc1. The number of hydrogen-bond donors (Lipinski definition) is 1. The van der Waals surface area contributed by atoms with Gasteiger partial charge in [0.25, 0.3) is 10.0 Å². The molecule has 0 unspecified atom stereocenters. The van der Waals surface area contributed by atoms with Gasteiger partial charge in [-0.2, -0.15) is 0 Å². The maximum absolute atomic E-state index is 13.5. The van der Waals surface area contributed by atoms with E-state index in [2.05, 4.69) is 5.32 Å². The van der Waals surface area contributed by atoms with Gasteiger partial charge in [-0.3, -0.25) is 9.10 Å². The Kier molecular flexibility index (Phi) is 8.11. The number of carbonyl (C=O) groups is 1. The number of nitrogens with one attached hydrogen (secondary N) is 1. The van der Waals surface area contributed by atoms with Gasteiger partial charge in [0.2, 0.25) is 5.91 Å². The number of sulfonamides is 1. The van der Waals surface area contributed by atoms with Crippen molar-refractivity contribution in [1.29, 1.82) is 0 Å². The van der Waals surface area contributed by atoms with Crippen molar-refractivity contribution in [3.05, 3.63) is 90.0 Å². The monoisotopic (exact) mass is 466 g/mol. The molecule has 0 bridgehead atoms. The quantitative estimate of drug-likeness (QED) is 0.476. The molecule has 0 spiro atoms. The van der Waals surface area contributed by atoms with Crippen molar-refractivity contribution in [3.63, 3.8) is 0 Å². The van der Waals surface area contributed by atoms with Crippen molar-refractivity contribution in [1.82, 2.24) is 5.32 Å². The number of benzene rings is 3. The van der Waals surface area contributed by atoms with Crippen LogP contribution in [0.1, 0.15) is 31.9 Å². The van der Waals surface area contributed by atoms with Crippen LogP contribution in [0.4, 0.5) is 5.69 Å². The number of nitrogens with zero attached hydrogens (tertiary/aromatic N) is 1. The largest absolute Gasteiger partial charge is 0.491 e. The van der Waals surface area contributed by atoms with Gasteiger partial charge in [0.05, 0.1) is 16.7 Å². The van der Waals surface area contributed by atoms with Crippen LogP contribution in [0.25, 0.3) is 0 Å². The van der Waals surface area contributed by atoms with Crippen LogP contribution < -0.4 is 14.4 Å². The first-order valence-electron chi connectivity index (χ1n) is 11.0. The molecule has 3 aromatic carbocycles. The Labute approximate surface area is 196 Å². The smallest absolute Gasteiger partial charge is 0.264 e. The number of anilines is 1. The maximum atomic E-state index is 13.5. The van der Waals surface area contributed by atoms with Gasteiger partial charge in [0.1, 0.15) is 12.3 Å². The lowest BCUT2D eigenvalue weighted by Crippen LogP contribution is -2.41. The molecule has 0 aliphatic rings. The van der Waals surface area contributed by atoms with Crippen LogP contribution in [0.15, 0.2) is 83.8 Å². The summed E-state index contributed by atoms with van der Waals surface area (Å²) in [6, 6.07) is 22.9. The van der Waals surface area contributed by atoms with Crippen molar-refractivity contribution in [2.45, 2.75) is 44.7 Å². The number of hydrogen-bond acceptors (Lipinski definition) is 4. The Hall–Kier alpha value is -3.32. The second-order valence-corrected chi connectivity index (χ2v) is 9.76. The maximum Gasteiger partial charge on any atom is 0.264 e. The van der Waals surface area contributed by atoms with Gasteiger partial charge >= 0.3 is 0 Å². The Morgan fingerprint density at radius 2 is 1.67 bits per heavy atom. The van der Waals surface area contributed by atoms with E-state index in [1.165, 1.54) is 16.4 Å². The summed E-state index contributed by atoms with van der Waals surface area (Å²) in [5, 5.41) is 2.84. The third-order valence-corrected chi connectivity index (χ3v) is 6.79. The summed E-state index contributed by atoms with van der Waals surface area (Å²) in [7, 11) is -3.93. The number of amides is 1. The van der Waals surface area contributed by atoms with Gasteiger partial charge in [0, 0.05) is 6.54 Å². The third-order valence-electron chi connectivity index (χ3n) is 5.02. The fourth-order valence-corrected chi connectivity index (χ4v) is 4.94. The summed E-state index contributed by atoms with van der Waals surface area (Å²) in [6.07, 6.45) is 0.687. The minimum Gasteiger partial charge on any atom is -0.491 e. The summed E-state index contributed by atoms with van der Waals surface area (Å²) in [5.74, 6) is 0.331. The molecule has 0 saturated heterocycles. The molecule has 3 aromatic rings. The van der Waals surface area contributed by atoms with Crippen molar-refractivity contribution in [3.8, 4) is 5.75 Å². The molecule has 0 aliphatic carbocycles. The minimum atomic E-state index is -3.93. The molecule has 3 rings (SSSR count). The summed E-state index contributed by atoms with van der Waals surface area (Å²) < 4.78 is 33.9. The Balaban J connectivity index is 1.83. The molecule has 0 heterocycles. The van der Waals surface area contributed by atoms with Crippen molar-refractivity contribution < 1.29 is 17.9 Å². The average molecular weight is 467 g/mol. The molecule has 0 aromatic heterocycles. The van der Waals surface area contributed by atoms with E-state index in [-0.39, 0.29) is 24.1 Å². The topological polar surface area (TPSA) is 75.7 Å². The van der Waals surface area contributed by atoms with E-state index >= 15 is 0 Å². The highest BCUT2D eigenvalue weighted by molar-refractivity contribution is 7.92. The van der Waals surface area contributed by atoms with Crippen LogP contribution in [0, 0.1) is 0 Å². The van der Waals surface area contributed by atoms with Crippen LogP contribution in [0.2, 0.25) is 0 Å². The molecule has 0 atom stereocenters. The van der Waals surface area contributed by atoms with Crippen LogP contribution in [-0.4, -0.2) is 27.0 Å². The number of carbonyl (C=O) groups excluding carboxylic acids is 1. The van der Waals surface area contributed by atoms with Crippen molar-refractivity contribution in [2.75, 3.05) is 10.8 Å². The number of para-hydroxylation sites is 1. The minimum absolute atomic E-state index is 0.0465. The van der Waals surface area contributed by atoms with Gasteiger partial charge in [-0.15, -0.1) is 0 Å². The predicted molar refractivity (Wildman–Crippen MR) is 131 cm³/mol. The lowest BCUT2D eigenvalue weighted by atomic mass is 10.1. The fraction of sp³-hybridized carbons (Fsp3) is 0.269. The Morgan fingerprint density at radius 1 is 0.970 bits per heavy atom. The highest BCUT2D eigenvalue weighted by atomic mass is 32.2. The van der Waals surface area contributed by atoms with E-state index in [1.54, 1.807) is 30.3 Å². The second kappa shape index (κ2) is 11.0. The number of aryl methyl sites for hydroxylation is 1. The molecule has 7 heteroatoms. The molecule has 0 aliphatic heterocycles. The predicted octanol–water partition coefficient (Wildman–Crippen LogP) is 4.55. The third kappa shape index (κ3) is 6.35. The molecule has 0 fully saturated rings. The van der Waals surface area contributed by atoms with E-state index in [0.717, 1.165) is 16.9 Å². The van der Waals surface area contributed by atoms with Gasteiger partial charge in [-0.1, -0.05) is 55.5 Å². The highest BCUT2D eigenvalue weighted by Crippen LogP contribution is 2.27. The van der Waals surface area contributed by atoms with E-state index in [0.29, 0.717) is 12.1 Å². The number of ether oxygens (including phenoxy) is 1. The molecule has 33 heavy (non-hydrogen) atoms. The molecule has 6 nitrogen and oxygen atoms in total. The van der Waals surface area contributed by atoms with Crippen molar-refractivity contribution in [2.24, 2.45) is 0 Å². The fourth-order valence-electron chi connectivity index (χ4n) is 3.46. The van der Waals surface area contributed by atoms with Crippen molar-refractivity contribution >= 4 is 21.6 Å². The zero-order chi connectivity index (χ0) is 23.8. The summed E-state index contributed by atoms with van der Waals surface area (Å²) >= 11 is 0. The molecule has 1 amide bonds. The van der Waals surface area contributed by atoms with Crippen LogP contribution >= 0.6 is 0 Å². The van der Waals surface area contributed by atoms with E-state index < -0.39 is 15.9 Å². The second-order valence-electron chi connectivity index (χ2n) is 7.90. The van der Waals surface area contributed by atoms with E-state index in [9.17, 15) is 13.2 Å².